The number of hydrogen-bond acceptors (Lipinski definition) is 6. The summed E-state index contributed by atoms with van der Waals surface area (Å²) in [5, 5.41) is 12.1. The Kier molecular flexibility index (Phi) is 8.20. The molecule has 0 saturated carbocycles. The Morgan fingerprint density at radius 1 is 1.10 bits per heavy atom. The van der Waals surface area contributed by atoms with Crippen molar-refractivity contribution < 1.29 is 23.0 Å². The molecular weight excluding hydrogens is 549 g/mol. The Morgan fingerprint density at radius 3 is 2.59 bits per heavy atom. The van der Waals surface area contributed by atoms with E-state index in [1.54, 1.807) is 12.1 Å². The number of rotatable bonds is 3. The van der Waals surface area contributed by atoms with Gasteiger partial charge in [-0.3, -0.25) is 4.90 Å². The molecule has 3 aliphatic rings. The number of pyridine rings is 2. The second kappa shape index (κ2) is 11.7. The zero-order valence-corrected chi connectivity index (χ0v) is 23.6. The molecule has 6 nitrogen and oxygen atoms in total. The van der Waals surface area contributed by atoms with E-state index in [2.05, 4.69) is 15.8 Å². The van der Waals surface area contributed by atoms with E-state index in [0.717, 1.165) is 32.5 Å². The normalized spacial score (nSPS) is 19.6. The second-order valence-electron chi connectivity index (χ2n) is 10.5. The number of nitrogens with zero attached hydrogens (tertiary/aromatic N) is 4. The number of ether oxygens (including phenoxy) is 1. The highest BCUT2D eigenvalue weighted by atomic mass is 32.1. The van der Waals surface area contributed by atoms with Crippen molar-refractivity contribution in [3.63, 3.8) is 0 Å². The van der Waals surface area contributed by atoms with Crippen molar-refractivity contribution in [2.45, 2.75) is 37.9 Å². The summed E-state index contributed by atoms with van der Waals surface area (Å²) in [6, 6.07) is 7.94. The van der Waals surface area contributed by atoms with Crippen molar-refractivity contribution in [3.05, 3.63) is 53.7 Å². The molecule has 3 saturated heterocycles. The maximum absolute atomic E-state index is 15.2. The lowest BCUT2D eigenvalue weighted by Gasteiger charge is -2.33. The van der Waals surface area contributed by atoms with Crippen LogP contribution in [0.4, 0.5) is 19.0 Å². The highest BCUT2D eigenvalue weighted by Crippen LogP contribution is 2.39. The fourth-order valence-electron chi connectivity index (χ4n) is 5.99. The van der Waals surface area contributed by atoms with Gasteiger partial charge in [0.15, 0.2) is 5.82 Å². The van der Waals surface area contributed by atoms with Gasteiger partial charge in [-0.15, -0.1) is 6.42 Å². The molecule has 0 spiro atoms. The summed E-state index contributed by atoms with van der Waals surface area (Å²) in [5.74, 6) is 1.64. The lowest BCUT2D eigenvalue weighted by Crippen LogP contribution is -2.37. The summed E-state index contributed by atoms with van der Waals surface area (Å²) >= 11 is 0. The van der Waals surface area contributed by atoms with Crippen molar-refractivity contribution in [3.8, 4) is 35.2 Å². The molecule has 5 heterocycles. The van der Waals surface area contributed by atoms with Gasteiger partial charge in [-0.05, 0) is 61.9 Å². The number of terminal acetylenes is 1. The quantitative estimate of drug-likeness (QED) is 0.303. The van der Waals surface area contributed by atoms with Gasteiger partial charge in [0.05, 0.1) is 18.4 Å². The second-order valence-corrected chi connectivity index (χ2v) is 10.5. The Hall–Kier alpha value is -3.68. The van der Waals surface area contributed by atoms with Gasteiger partial charge in [0.25, 0.3) is 5.88 Å². The largest absolute Gasteiger partial charge is 0.508 e. The van der Waals surface area contributed by atoms with Crippen LogP contribution < -0.4 is 9.64 Å². The van der Waals surface area contributed by atoms with Crippen molar-refractivity contribution in [2.24, 2.45) is 0 Å². The van der Waals surface area contributed by atoms with E-state index < -0.39 is 17.8 Å². The van der Waals surface area contributed by atoms with E-state index in [9.17, 15) is 13.9 Å². The van der Waals surface area contributed by atoms with Crippen LogP contribution in [0.2, 0.25) is 0 Å². The van der Waals surface area contributed by atoms with Crippen LogP contribution in [0.5, 0.6) is 11.6 Å². The summed E-state index contributed by atoms with van der Waals surface area (Å²) in [6.45, 7) is 3.42. The molecule has 214 valence electrons. The third kappa shape index (κ3) is 5.24. The molecule has 0 amide bonds. The van der Waals surface area contributed by atoms with Crippen molar-refractivity contribution in [1.29, 1.82) is 0 Å². The fraction of sp³-hybridized carbons (Fsp3) is 0.355. The molecule has 41 heavy (non-hydrogen) atoms. The van der Waals surface area contributed by atoms with Crippen molar-refractivity contribution in [1.82, 2.24) is 14.9 Å². The van der Waals surface area contributed by atoms with Crippen LogP contribution in [0.1, 0.15) is 31.2 Å². The van der Waals surface area contributed by atoms with Crippen LogP contribution in [0.25, 0.3) is 32.8 Å². The molecular formula is C31H31F3N4O2S. The van der Waals surface area contributed by atoms with Crippen LogP contribution in [-0.2, 0) is 0 Å². The number of halogens is 3. The molecule has 3 aliphatic heterocycles. The van der Waals surface area contributed by atoms with Crippen molar-refractivity contribution >= 4 is 40.9 Å². The predicted octanol–water partition coefficient (Wildman–Crippen LogP) is 5.94. The van der Waals surface area contributed by atoms with Crippen LogP contribution in [0.3, 0.4) is 0 Å². The van der Waals surface area contributed by atoms with Crippen LogP contribution in [-0.4, -0.2) is 65.5 Å². The molecule has 4 aromatic rings. The van der Waals surface area contributed by atoms with Gasteiger partial charge in [0.2, 0.25) is 0 Å². The van der Waals surface area contributed by atoms with E-state index in [1.807, 2.05) is 4.90 Å². The molecule has 10 heteroatoms. The number of anilines is 1. The van der Waals surface area contributed by atoms with Gasteiger partial charge in [-0.25, -0.2) is 23.1 Å². The third-order valence-corrected chi connectivity index (χ3v) is 8.05. The first kappa shape index (κ1) is 28.8. The standard InChI is InChI=1S/C24H17F2N3O2.C7H12FN.H2S/c1-3-15-19(25)6-5-13-9-14(30)10-17(21(13)15)20-11-16-18(12-27-24(31-2)22(16)26)23(28-20)29-7-4-8-29;8-6-4-7-2-1-3-9(7)5-6;/h1,5-6,9-12,30H,4,7-8H2,2H3;6-7H,1-5H2;1H2. The number of phenols is 1. The summed E-state index contributed by atoms with van der Waals surface area (Å²) in [5.41, 5.74) is 0.846. The van der Waals surface area contributed by atoms with Gasteiger partial charge in [-0.1, -0.05) is 12.0 Å². The number of fused-ring (bicyclic) bond motifs is 3. The molecule has 3 fully saturated rings. The number of aromatic nitrogens is 2. The molecule has 7 rings (SSSR count). The van der Waals surface area contributed by atoms with Gasteiger partial charge < -0.3 is 14.7 Å². The molecule has 2 atom stereocenters. The lowest BCUT2D eigenvalue weighted by molar-refractivity contribution is 0.292. The Bertz CT molecular complexity index is 1650. The van der Waals surface area contributed by atoms with E-state index in [1.165, 1.54) is 44.3 Å². The minimum atomic E-state index is -0.613. The predicted molar refractivity (Wildman–Crippen MR) is 160 cm³/mol. The maximum Gasteiger partial charge on any atom is 0.250 e. The number of hydrogen-bond donors (Lipinski definition) is 1. The minimum absolute atomic E-state index is 0. The maximum atomic E-state index is 15.2. The summed E-state index contributed by atoms with van der Waals surface area (Å²) < 4.78 is 47.3. The van der Waals surface area contributed by atoms with Crippen molar-refractivity contribution in [2.75, 3.05) is 38.2 Å². The first-order valence-corrected chi connectivity index (χ1v) is 13.5. The molecule has 2 aromatic heterocycles. The smallest absolute Gasteiger partial charge is 0.250 e. The first-order valence-electron chi connectivity index (χ1n) is 13.5. The van der Waals surface area contributed by atoms with Gasteiger partial charge in [0.1, 0.15) is 23.6 Å². The number of benzene rings is 2. The molecule has 2 aromatic carbocycles. The molecule has 0 aliphatic carbocycles. The fourth-order valence-corrected chi connectivity index (χ4v) is 5.99. The van der Waals surface area contributed by atoms with Crippen LogP contribution in [0.15, 0.2) is 36.5 Å². The zero-order valence-electron chi connectivity index (χ0n) is 22.6. The summed E-state index contributed by atoms with van der Waals surface area (Å²) in [7, 11) is 1.35. The van der Waals surface area contributed by atoms with E-state index in [4.69, 9.17) is 16.1 Å². The Balaban J connectivity index is 0.000000286. The Morgan fingerprint density at radius 2 is 1.90 bits per heavy atom. The third-order valence-electron chi connectivity index (χ3n) is 8.05. The molecule has 0 radical (unpaired) electrons. The van der Waals surface area contributed by atoms with E-state index in [-0.39, 0.29) is 36.1 Å². The van der Waals surface area contributed by atoms with E-state index >= 15 is 4.39 Å². The average molecular weight is 581 g/mol. The highest BCUT2D eigenvalue weighted by molar-refractivity contribution is 7.59. The average Bonchev–Trinajstić information content (AvgIpc) is 3.49. The van der Waals surface area contributed by atoms with Gasteiger partial charge in [-0.2, -0.15) is 13.5 Å². The first-order chi connectivity index (χ1) is 19.4. The lowest BCUT2D eigenvalue weighted by atomic mass is 9.95. The molecule has 2 unspecified atom stereocenters. The highest BCUT2D eigenvalue weighted by Gasteiger charge is 2.34. The number of aromatic hydroxyl groups is 1. The van der Waals surface area contributed by atoms with Crippen LogP contribution in [0, 0.1) is 24.0 Å². The summed E-state index contributed by atoms with van der Waals surface area (Å²) in [6.07, 6.45) is 10.9. The SMILES string of the molecule is C#Cc1c(F)ccc2cc(O)cc(-c3cc4c(F)c(OC)ncc4c(N4CCC4)n3)c12.FC1CC2CCCN2C1.S. The molecule has 1 N–H and O–H groups in total. The number of alkyl halides is 1. The summed E-state index contributed by atoms with van der Waals surface area (Å²) in [4.78, 5) is 13.1. The molecule has 0 bridgehead atoms. The van der Waals surface area contributed by atoms with Gasteiger partial charge in [0, 0.05) is 53.6 Å². The van der Waals surface area contributed by atoms with Gasteiger partial charge >= 0.3 is 0 Å². The zero-order chi connectivity index (χ0) is 28.0. The monoisotopic (exact) mass is 580 g/mol. The number of methoxy groups -OCH3 is 1. The number of phenolic OH excluding ortho intramolecular Hbond substituents is 1. The van der Waals surface area contributed by atoms with Crippen LogP contribution >= 0.6 is 13.5 Å². The minimum Gasteiger partial charge on any atom is -0.508 e. The Labute approximate surface area is 243 Å². The van der Waals surface area contributed by atoms with E-state index in [0.29, 0.717) is 45.8 Å². The topological polar surface area (TPSA) is 61.7 Å².